The predicted molar refractivity (Wildman–Crippen MR) is 69.5 cm³/mol. The van der Waals surface area contributed by atoms with Crippen LogP contribution in [0.5, 0.6) is 0 Å². The first kappa shape index (κ1) is 14.5. The van der Waals surface area contributed by atoms with E-state index in [2.05, 4.69) is 24.8 Å². The number of nitriles is 1. The van der Waals surface area contributed by atoms with Crippen molar-refractivity contribution in [1.29, 1.82) is 5.26 Å². The first-order chi connectivity index (χ1) is 8.26. The third kappa shape index (κ3) is 3.97. The second-order valence-corrected chi connectivity index (χ2v) is 5.12. The predicted octanol–water partition coefficient (Wildman–Crippen LogP) is 2.41. The molecule has 1 fully saturated rings. The molecule has 0 aromatic heterocycles. The summed E-state index contributed by atoms with van der Waals surface area (Å²) in [6, 6.07) is 2.83. The number of aliphatic hydroxyl groups excluding tert-OH is 1. The molecule has 1 aliphatic carbocycles. The number of rotatable bonds is 6. The fourth-order valence-corrected chi connectivity index (χ4v) is 3.14. The maximum absolute atomic E-state index is 9.25. The first-order valence-corrected chi connectivity index (χ1v) is 7.01. The molecule has 3 atom stereocenters. The normalized spacial score (nSPS) is 29.2. The Labute approximate surface area is 105 Å². The highest BCUT2D eigenvalue weighted by atomic mass is 16.3. The van der Waals surface area contributed by atoms with Crippen LogP contribution in [0.4, 0.5) is 0 Å². The van der Waals surface area contributed by atoms with E-state index in [-0.39, 0.29) is 12.5 Å². The van der Waals surface area contributed by atoms with Crippen LogP contribution in [0.15, 0.2) is 0 Å². The van der Waals surface area contributed by atoms with Crippen LogP contribution in [-0.2, 0) is 0 Å². The SMILES string of the molecule is CCCC1CCC(C#N)C(N(CC)CCO)C1. The minimum atomic E-state index is 0.162. The van der Waals surface area contributed by atoms with Gasteiger partial charge in [0.05, 0.1) is 18.6 Å². The zero-order valence-corrected chi connectivity index (χ0v) is 11.2. The molecule has 0 amide bonds. The van der Waals surface area contributed by atoms with Crippen molar-refractivity contribution < 1.29 is 5.11 Å². The van der Waals surface area contributed by atoms with Gasteiger partial charge >= 0.3 is 0 Å². The Hall–Kier alpha value is -0.590. The summed E-state index contributed by atoms with van der Waals surface area (Å²) >= 11 is 0. The quantitative estimate of drug-likeness (QED) is 0.773. The van der Waals surface area contributed by atoms with Gasteiger partial charge in [-0.25, -0.2) is 0 Å². The van der Waals surface area contributed by atoms with Crippen LogP contribution < -0.4 is 0 Å². The highest BCUT2D eigenvalue weighted by molar-refractivity contribution is 4.97. The van der Waals surface area contributed by atoms with Crippen LogP contribution in [0.1, 0.15) is 46.0 Å². The highest BCUT2D eigenvalue weighted by Gasteiger charge is 2.33. The van der Waals surface area contributed by atoms with Gasteiger partial charge in [0.1, 0.15) is 0 Å². The summed E-state index contributed by atoms with van der Waals surface area (Å²) in [5.74, 6) is 0.942. The molecule has 0 aliphatic heterocycles. The summed E-state index contributed by atoms with van der Waals surface area (Å²) in [7, 11) is 0. The van der Waals surface area contributed by atoms with Crippen molar-refractivity contribution in [1.82, 2.24) is 4.90 Å². The number of likely N-dealkylation sites (N-methyl/N-ethyl adjacent to an activating group) is 1. The lowest BCUT2D eigenvalue weighted by atomic mass is 9.76. The lowest BCUT2D eigenvalue weighted by Crippen LogP contribution is -2.45. The zero-order valence-electron chi connectivity index (χ0n) is 11.2. The lowest BCUT2D eigenvalue weighted by Gasteiger charge is -2.39. The van der Waals surface area contributed by atoms with Crippen molar-refractivity contribution in [3.05, 3.63) is 0 Å². The molecule has 3 heteroatoms. The molecule has 1 aliphatic rings. The summed E-state index contributed by atoms with van der Waals surface area (Å²) in [5, 5.41) is 18.4. The third-order valence-corrected chi connectivity index (χ3v) is 4.05. The van der Waals surface area contributed by atoms with Gasteiger partial charge in [0.15, 0.2) is 0 Å². The Kier molecular flexibility index (Phi) is 6.54. The Morgan fingerprint density at radius 1 is 1.35 bits per heavy atom. The average Bonchev–Trinajstić information content (AvgIpc) is 2.36. The van der Waals surface area contributed by atoms with Crippen molar-refractivity contribution in [2.24, 2.45) is 11.8 Å². The molecular weight excluding hydrogens is 212 g/mol. The van der Waals surface area contributed by atoms with Gasteiger partial charge in [0, 0.05) is 12.6 Å². The molecule has 0 heterocycles. The maximum atomic E-state index is 9.25. The van der Waals surface area contributed by atoms with Crippen LogP contribution in [0, 0.1) is 23.2 Å². The second-order valence-electron chi connectivity index (χ2n) is 5.12. The number of aliphatic hydroxyl groups is 1. The molecule has 3 unspecified atom stereocenters. The van der Waals surface area contributed by atoms with E-state index >= 15 is 0 Å². The zero-order chi connectivity index (χ0) is 12.7. The van der Waals surface area contributed by atoms with Crippen molar-refractivity contribution >= 4 is 0 Å². The van der Waals surface area contributed by atoms with E-state index < -0.39 is 0 Å². The first-order valence-electron chi connectivity index (χ1n) is 7.01. The number of nitrogens with zero attached hydrogens (tertiary/aromatic N) is 2. The smallest absolute Gasteiger partial charge is 0.0672 e. The maximum Gasteiger partial charge on any atom is 0.0672 e. The Morgan fingerprint density at radius 2 is 2.12 bits per heavy atom. The lowest BCUT2D eigenvalue weighted by molar-refractivity contribution is 0.0845. The summed E-state index contributed by atoms with van der Waals surface area (Å²) in [4.78, 5) is 2.29. The van der Waals surface area contributed by atoms with Crippen LogP contribution in [0.25, 0.3) is 0 Å². The van der Waals surface area contributed by atoms with E-state index in [1.807, 2.05) is 0 Å². The topological polar surface area (TPSA) is 47.3 Å². The largest absolute Gasteiger partial charge is 0.395 e. The summed E-state index contributed by atoms with van der Waals surface area (Å²) in [5.41, 5.74) is 0. The standard InChI is InChI=1S/C14H26N2O/c1-3-5-12-6-7-13(11-15)14(10-12)16(4-2)8-9-17/h12-14,17H,3-10H2,1-2H3. The molecule has 17 heavy (non-hydrogen) atoms. The van der Waals surface area contributed by atoms with E-state index in [9.17, 15) is 5.26 Å². The number of hydrogen-bond acceptors (Lipinski definition) is 3. The minimum absolute atomic E-state index is 0.162. The molecule has 0 bridgehead atoms. The fourth-order valence-electron chi connectivity index (χ4n) is 3.14. The molecule has 98 valence electrons. The molecule has 0 aromatic rings. The Bertz CT molecular complexity index is 249. The second kappa shape index (κ2) is 7.68. The van der Waals surface area contributed by atoms with Crippen molar-refractivity contribution in [3.8, 4) is 6.07 Å². The van der Waals surface area contributed by atoms with E-state index in [4.69, 9.17) is 5.11 Å². The molecule has 0 aromatic carbocycles. The summed E-state index contributed by atoms with van der Waals surface area (Å²) < 4.78 is 0. The van der Waals surface area contributed by atoms with Crippen LogP contribution in [0.2, 0.25) is 0 Å². The third-order valence-electron chi connectivity index (χ3n) is 4.05. The van der Waals surface area contributed by atoms with Gasteiger partial charge in [-0.2, -0.15) is 5.26 Å². The van der Waals surface area contributed by atoms with Gasteiger partial charge in [0.25, 0.3) is 0 Å². The molecule has 1 saturated carbocycles. The van der Waals surface area contributed by atoms with Gasteiger partial charge in [-0.15, -0.1) is 0 Å². The molecule has 1 rings (SSSR count). The monoisotopic (exact) mass is 238 g/mol. The Balaban J connectivity index is 2.64. The molecule has 1 N–H and O–H groups in total. The van der Waals surface area contributed by atoms with Crippen LogP contribution >= 0.6 is 0 Å². The average molecular weight is 238 g/mol. The van der Waals surface area contributed by atoms with Crippen LogP contribution in [-0.4, -0.2) is 35.7 Å². The minimum Gasteiger partial charge on any atom is -0.395 e. The molecule has 0 radical (unpaired) electrons. The molecule has 0 spiro atoms. The van der Waals surface area contributed by atoms with E-state index in [0.29, 0.717) is 12.6 Å². The molecule has 0 saturated heterocycles. The van der Waals surface area contributed by atoms with E-state index in [1.165, 1.54) is 19.3 Å². The van der Waals surface area contributed by atoms with Crippen molar-refractivity contribution in [2.75, 3.05) is 19.7 Å². The van der Waals surface area contributed by atoms with Gasteiger partial charge in [0.2, 0.25) is 0 Å². The Morgan fingerprint density at radius 3 is 2.65 bits per heavy atom. The number of hydrogen-bond donors (Lipinski definition) is 1. The molecule has 3 nitrogen and oxygen atoms in total. The summed E-state index contributed by atoms with van der Waals surface area (Å²) in [6.07, 6.45) is 5.90. The molecular formula is C14H26N2O. The van der Waals surface area contributed by atoms with E-state index in [0.717, 1.165) is 25.3 Å². The van der Waals surface area contributed by atoms with E-state index in [1.54, 1.807) is 0 Å². The summed E-state index contributed by atoms with van der Waals surface area (Å²) in [6.45, 7) is 6.19. The van der Waals surface area contributed by atoms with Crippen LogP contribution in [0.3, 0.4) is 0 Å². The highest BCUT2D eigenvalue weighted by Crippen LogP contribution is 2.34. The van der Waals surface area contributed by atoms with Gasteiger partial charge < -0.3 is 5.11 Å². The van der Waals surface area contributed by atoms with Gasteiger partial charge in [-0.1, -0.05) is 26.7 Å². The van der Waals surface area contributed by atoms with Crippen molar-refractivity contribution in [2.45, 2.75) is 52.0 Å². The van der Waals surface area contributed by atoms with Gasteiger partial charge in [-0.05, 0) is 31.7 Å². The fraction of sp³-hybridized carbons (Fsp3) is 0.929. The van der Waals surface area contributed by atoms with Gasteiger partial charge in [-0.3, -0.25) is 4.90 Å². The van der Waals surface area contributed by atoms with Crippen molar-refractivity contribution in [3.63, 3.8) is 0 Å².